The van der Waals surface area contributed by atoms with E-state index in [2.05, 4.69) is 5.32 Å². The van der Waals surface area contributed by atoms with E-state index in [0.717, 1.165) is 41.3 Å². The summed E-state index contributed by atoms with van der Waals surface area (Å²) in [4.78, 5) is 0. The molecule has 0 amide bonds. The fourth-order valence-corrected chi connectivity index (χ4v) is 4.55. The number of nitrogens with one attached hydrogen (secondary N) is 1. The molecule has 9 heteroatoms. The first kappa shape index (κ1) is 22.7. The zero-order chi connectivity index (χ0) is 23.9. The van der Waals surface area contributed by atoms with Crippen molar-refractivity contribution in [3.63, 3.8) is 0 Å². The summed E-state index contributed by atoms with van der Waals surface area (Å²) in [5.41, 5.74) is 1.08. The van der Waals surface area contributed by atoms with Gasteiger partial charge in [-0.2, -0.15) is 5.10 Å². The van der Waals surface area contributed by atoms with Crippen LogP contribution in [-0.2, 0) is 0 Å². The average Bonchev–Trinajstić information content (AvgIpc) is 3.55. The highest BCUT2D eigenvalue weighted by molar-refractivity contribution is 5.85. The van der Waals surface area contributed by atoms with Gasteiger partial charge in [0.1, 0.15) is 5.75 Å². The molecule has 182 valence electrons. The van der Waals surface area contributed by atoms with Crippen LogP contribution in [0.4, 0.5) is 5.69 Å². The molecule has 0 saturated heterocycles. The second-order valence-corrected chi connectivity index (χ2v) is 9.85. The minimum atomic E-state index is -1.20. The summed E-state index contributed by atoms with van der Waals surface area (Å²) >= 11 is 0. The second-order valence-electron chi connectivity index (χ2n) is 9.85. The second kappa shape index (κ2) is 8.96. The summed E-state index contributed by atoms with van der Waals surface area (Å²) in [7, 11) is 1.45. The summed E-state index contributed by atoms with van der Waals surface area (Å²) in [5, 5.41) is 40.3. The number of anilines is 1. The molecular weight excluding hydrogens is 436 g/mol. The van der Waals surface area contributed by atoms with Crippen molar-refractivity contribution >= 4 is 16.6 Å². The first-order chi connectivity index (χ1) is 16.3. The summed E-state index contributed by atoms with van der Waals surface area (Å²) in [6.45, 7) is 2.52. The minimum Gasteiger partial charge on any atom is -0.491 e. The lowest BCUT2D eigenvalue weighted by atomic mass is 9.84. The molecular formula is C25H33N4O5+. The lowest BCUT2D eigenvalue weighted by molar-refractivity contribution is -0.912. The highest BCUT2D eigenvalue weighted by Crippen LogP contribution is 2.38. The maximum absolute atomic E-state index is 10.9. The molecule has 1 unspecified atom stereocenters. The number of rotatable bonds is 8. The van der Waals surface area contributed by atoms with Crippen molar-refractivity contribution in [1.82, 2.24) is 9.78 Å². The van der Waals surface area contributed by atoms with Crippen molar-refractivity contribution in [3.05, 3.63) is 42.2 Å². The van der Waals surface area contributed by atoms with E-state index in [1.807, 2.05) is 29.9 Å². The Morgan fingerprint density at radius 2 is 2.00 bits per heavy atom. The van der Waals surface area contributed by atoms with E-state index >= 15 is 0 Å². The third-order valence-electron chi connectivity index (χ3n) is 6.94. The Kier molecular flexibility index (Phi) is 5.99. The predicted molar refractivity (Wildman–Crippen MR) is 125 cm³/mol. The molecule has 0 bridgehead atoms. The topological polar surface area (TPSA) is 113 Å². The van der Waals surface area contributed by atoms with Crippen LogP contribution in [0.15, 0.2) is 36.5 Å². The van der Waals surface area contributed by atoms with E-state index < -0.39 is 11.8 Å². The van der Waals surface area contributed by atoms with E-state index in [4.69, 9.17) is 14.6 Å². The van der Waals surface area contributed by atoms with Crippen LogP contribution < -0.4 is 19.5 Å². The Balaban J connectivity index is 1.43. The summed E-state index contributed by atoms with van der Waals surface area (Å²) in [5.74, 6) is 1.40. The summed E-state index contributed by atoms with van der Waals surface area (Å²) in [6.07, 6.45) is 6.42. The smallest absolute Gasteiger partial charge is 0.416 e. The molecule has 0 spiro atoms. The molecule has 0 radical (unpaired) electrons. The van der Waals surface area contributed by atoms with E-state index in [0.29, 0.717) is 24.0 Å². The zero-order valence-corrected chi connectivity index (χ0v) is 19.6. The third-order valence-corrected chi connectivity index (χ3v) is 6.94. The van der Waals surface area contributed by atoms with Gasteiger partial charge in [-0.3, -0.25) is 9.89 Å². The molecule has 1 aromatic carbocycles. The number of aromatic nitrogens is 3. The van der Waals surface area contributed by atoms with Gasteiger partial charge in [0.15, 0.2) is 0 Å². The van der Waals surface area contributed by atoms with Crippen molar-refractivity contribution < 1.29 is 29.6 Å². The minimum absolute atomic E-state index is 0.215. The molecule has 3 aromatic rings. The standard InChI is InChI=1S/C25H33N4O5/c1-25(31)10-8-18(9-11-25)28-14-17-12-20(22(13-19(17)27-28)34-15-16-6-7-16)26-24(30)21-4-3-5-23(33-2)29(21)32/h3-5,12-14,16,18,24,26,30-32H,6-11,15H2,1-2H3/q+1. The fourth-order valence-electron chi connectivity index (χ4n) is 4.55. The number of aliphatic hydroxyl groups excluding tert-OH is 1. The van der Waals surface area contributed by atoms with Crippen molar-refractivity contribution in [2.45, 2.75) is 63.3 Å². The average molecular weight is 470 g/mol. The SMILES string of the molecule is COc1cccc(C(O)Nc2cc3cn(C4CCC(C)(O)CC4)nc3cc2OCC2CC2)[n+]1O. The quantitative estimate of drug-likeness (QED) is 0.227. The Hall–Kier alpha value is -3.04. The molecule has 4 N–H and O–H groups in total. The largest absolute Gasteiger partial charge is 0.491 e. The van der Waals surface area contributed by atoms with Gasteiger partial charge in [0, 0.05) is 23.7 Å². The number of hydrogen-bond donors (Lipinski definition) is 4. The van der Waals surface area contributed by atoms with Crippen molar-refractivity contribution in [2.75, 3.05) is 19.0 Å². The summed E-state index contributed by atoms with van der Waals surface area (Å²) < 4.78 is 14.1. The molecule has 5 rings (SSSR count). The van der Waals surface area contributed by atoms with Gasteiger partial charge in [0.2, 0.25) is 6.23 Å². The molecule has 2 aliphatic carbocycles. The molecule has 2 fully saturated rings. The zero-order valence-electron chi connectivity index (χ0n) is 19.6. The Morgan fingerprint density at radius 3 is 2.71 bits per heavy atom. The maximum atomic E-state index is 10.9. The van der Waals surface area contributed by atoms with Gasteiger partial charge in [0.25, 0.3) is 5.69 Å². The maximum Gasteiger partial charge on any atom is 0.416 e. The van der Waals surface area contributed by atoms with Crippen LogP contribution in [0.3, 0.4) is 0 Å². The summed E-state index contributed by atoms with van der Waals surface area (Å²) in [6, 6.07) is 8.98. The number of aliphatic hydroxyl groups is 2. The first-order valence-electron chi connectivity index (χ1n) is 11.9. The molecule has 34 heavy (non-hydrogen) atoms. The number of ether oxygens (including phenoxy) is 2. The number of hydrogen-bond acceptors (Lipinski definition) is 7. The van der Waals surface area contributed by atoms with Gasteiger partial charge < -0.3 is 25.0 Å². The molecule has 9 nitrogen and oxygen atoms in total. The monoisotopic (exact) mass is 469 g/mol. The van der Waals surface area contributed by atoms with Crippen molar-refractivity contribution in [3.8, 4) is 11.6 Å². The van der Waals surface area contributed by atoms with Crippen LogP contribution in [0.5, 0.6) is 11.6 Å². The Bertz CT molecular complexity index is 1160. The van der Waals surface area contributed by atoms with Crippen LogP contribution in [-0.4, -0.2) is 44.5 Å². The highest BCUT2D eigenvalue weighted by Gasteiger charge is 2.30. The third kappa shape index (κ3) is 4.76. The molecule has 2 aromatic heterocycles. The van der Waals surface area contributed by atoms with Gasteiger partial charge >= 0.3 is 5.88 Å². The number of benzene rings is 1. The Labute approximate surface area is 198 Å². The van der Waals surface area contributed by atoms with Gasteiger partial charge in [-0.15, -0.1) is 0 Å². The lowest BCUT2D eigenvalue weighted by Crippen LogP contribution is -2.39. The number of nitrogens with zero attached hydrogens (tertiary/aromatic N) is 3. The lowest BCUT2D eigenvalue weighted by Gasteiger charge is -2.33. The van der Waals surface area contributed by atoms with Gasteiger partial charge in [-0.25, -0.2) is 0 Å². The number of methoxy groups -OCH3 is 1. The van der Waals surface area contributed by atoms with Crippen LogP contribution in [0.1, 0.15) is 63.4 Å². The first-order valence-corrected chi connectivity index (χ1v) is 11.9. The van der Waals surface area contributed by atoms with E-state index in [-0.39, 0.29) is 17.6 Å². The molecule has 1 atom stereocenters. The normalized spacial score (nSPS) is 23.6. The van der Waals surface area contributed by atoms with E-state index in [1.54, 1.807) is 18.2 Å². The van der Waals surface area contributed by atoms with Gasteiger partial charge in [0.05, 0.1) is 47.4 Å². The van der Waals surface area contributed by atoms with Crippen molar-refractivity contribution in [2.24, 2.45) is 5.92 Å². The van der Waals surface area contributed by atoms with E-state index in [9.17, 15) is 15.4 Å². The molecule has 0 aliphatic heterocycles. The van der Waals surface area contributed by atoms with Crippen LogP contribution in [0, 0.1) is 5.92 Å². The van der Waals surface area contributed by atoms with Gasteiger partial charge in [-0.1, -0.05) is 0 Å². The van der Waals surface area contributed by atoms with Crippen LogP contribution in [0.25, 0.3) is 10.9 Å². The Morgan fingerprint density at radius 1 is 1.24 bits per heavy atom. The fraction of sp³-hybridized carbons (Fsp3) is 0.520. The van der Waals surface area contributed by atoms with Crippen LogP contribution in [0.2, 0.25) is 0 Å². The molecule has 2 saturated carbocycles. The molecule has 2 heterocycles. The van der Waals surface area contributed by atoms with E-state index in [1.165, 1.54) is 20.0 Å². The highest BCUT2D eigenvalue weighted by atomic mass is 16.5. The van der Waals surface area contributed by atoms with Crippen LogP contribution >= 0.6 is 0 Å². The predicted octanol–water partition coefficient (Wildman–Crippen LogP) is 3.33. The van der Waals surface area contributed by atoms with Gasteiger partial charge in [-0.05, 0) is 63.5 Å². The number of fused-ring (bicyclic) bond motifs is 1. The van der Waals surface area contributed by atoms with Crippen molar-refractivity contribution in [1.29, 1.82) is 0 Å². The number of pyridine rings is 1. The molecule has 2 aliphatic rings.